The molecular formula is C19H22ClN5O4. The van der Waals surface area contributed by atoms with Crippen molar-refractivity contribution in [3.63, 3.8) is 0 Å². The fourth-order valence-corrected chi connectivity index (χ4v) is 3.37. The van der Waals surface area contributed by atoms with Crippen LogP contribution in [0.2, 0.25) is 5.02 Å². The first-order chi connectivity index (χ1) is 13.9. The van der Waals surface area contributed by atoms with E-state index in [1.165, 1.54) is 12.3 Å². The third-order valence-corrected chi connectivity index (χ3v) is 4.85. The van der Waals surface area contributed by atoms with Gasteiger partial charge in [0.2, 0.25) is 5.96 Å². The van der Waals surface area contributed by atoms with Crippen LogP contribution in [0.25, 0.3) is 11.3 Å². The maximum Gasteiger partial charge on any atom is 0.263 e. The highest BCUT2D eigenvalue weighted by Crippen LogP contribution is 2.36. The zero-order valence-electron chi connectivity index (χ0n) is 15.9. The molecule has 1 amide bonds. The molecule has 1 aliphatic rings. The van der Waals surface area contributed by atoms with Crippen molar-refractivity contribution >= 4 is 23.5 Å². The van der Waals surface area contributed by atoms with Crippen LogP contribution in [-0.2, 0) is 17.7 Å². The van der Waals surface area contributed by atoms with Gasteiger partial charge in [0.1, 0.15) is 11.3 Å². The Balaban J connectivity index is 1.91. The smallest absolute Gasteiger partial charge is 0.263 e. The second kappa shape index (κ2) is 8.97. The molecule has 0 fully saturated rings. The molecule has 1 aromatic carbocycles. The van der Waals surface area contributed by atoms with Crippen LogP contribution in [0.5, 0.6) is 5.75 Å². The van der Waals surface area contributed by atoms with E-state index in [2.05, 4.69) is 10.4 Å². The Morgan fingerprint density at radius 3 is 2.86 bits per heavy atom. The highest BCUT2D eigenvalue weighted by atomic mass is 35.5. The zero-order chi connectivity index (χ0) is 21.0. The predicted molar refractivity (Wildman–Crippen MR) is 110 cm³/mol. The summed E-state index contributed by atoms with van der Waals surface area (Å²) in [5, 5.41) is 5.89. The molecule has 0 aliphatic carbocycles. The quantitative estimate of drug-likeness (QED) is 0.211. The summed E-state index contributed by atoms with van der Waals surface area (Å²) in [6.45, 7) is 1.70. The van der Waals surface area contributed by atoms with Crippen LogP contribution in [0.4, 0.5) is 0 Å². The zero-order valence-corrected chi connectivity index (χ0v) is 16.7. The predicted octanol–water partition coefficient (Wildman–Crippen LogP) is 1.06. The standard InChI is InChI=1S/C19H22ClN5O4/c1-28-5-2-6-29-17-7-11-3-4-25-10-13(18(27)23-19(21)24-22)16(26)9-15(25)12(11)8-14(17)20/h7-10H,2-6,22H2,1H3,(H3,21,23,24,27). The first-order valence-electron chi connectivity index (χ1n) is 8.98. The second-order valence-corrected chi connectivity index (χ2v) is 6.89. The maximum atomic E-state index is 12.5. The van der Waals surface area contributed by atoms with E-state index in [1.54, 1.807) is 13.2 Å². The van der Waals surface area contributed by atoms with Crippen LogP contribution in [-0.4, -0.2) is 36.8 Å². The lowest BCUT2D eigenvalue weighted by Gasteiger charge is -2.24. The summed E-state index contributed by atoms with van der Waals surface area (Å²) < 4.78 is 12.6. The number of pyridine rings is 1. The van der Waals surface area contributed by atoms with E-state index in [-0.39, 0.29) is 11.5 Å². The Hall–Kier alpha value is -3.04. The van der Waals surface area contributed by atoms with E-state index in [9.17, 15) is 9.59 Å². The number of ether oxygens (including phenoxy) is 2. The third kappa shape index (κ3) is 4.52. The molecule has 3 rings (SSSR count). The van der Waals surface area contributed by atoms with Gasteiger partial charge in [-0.05, 0) is 24.1 Å². The van der Waals surface area contributed by atoms with Crippen molar-refractivity contribution in [1.82, 2.24) is 9.88 Å². The summed E-state index contributed by atoms with van der Waals surface area (Å²) in [6.07, 6.45) is 2.96. The molecule has 10 heteroatoms. The number of amides is 1. The van der Waals surface area contributed by atoms with Gasteiger partial charge in [-0.3, -0.25) is 14.9 Å². The lowest BCUT2D eigenvalue weighted by atomic mass is 9.96. The van der Waals surface area contributed by atoms with Crippen LogP contribution < -0.4 is 27.1 Å². The number of hydrogen-bond acceptors (Lipinski definition) is 6. The number of nitrogens with two attached hydrogens (primary N) is 2. The van der Waals surface area contributed by atoms with Gasteiger partial charge in [0, 0.05) is 44.5 Å². The van der Waals surface area contributed by atoms with Crippen molar-refractivity contribution in [2.24, 2.45) is 16.7 Å². The number of benzene rings is 1. The van der Waals surface area contributed by atoms with Crippen molar-refractivity contribution in [3.8, 4) is 17.0 Å². The minimum atomic E-state index is -0.666. The number of rotatable bonds is 6. The van der Waals surface area contributed by atoms with Gasteiger partial charge in [0.15, 0.2) is 5.43 Å². The molecule has 0 unspecified atom stereocenters. The number of guanidine groups is 1. The summed E-state index contributed by atoms with van der Waals surface area (Å²) in [5.41, 5.74) is 7.44. The molecule has 1 aromatic heterocycles. The highest BCUT2D eigenvalue weighted by Gasteiger charge is 2.21. The molecule has 5 N–H and O–H groups in total. The highest BCUT2D eigenvalue weighted by molar-refractivity contribution is 6.32. The van der Waals surface area contributed by atoms with E-state index < -0.39 is 11.3 Å². The van der Waals surface area contributed by atoms with Gasteiger partial charge in [-0.15, -0.1) is 5.10 Å². The van der Waals surface area contributed by atoms with Crippen molar-refractivity contribution in [3.05, 3.63) is 50.8 Å². The molecule has 0 bridgehead atoms. The number of nitrogens with one attached hydrogen (secondary N) is 1. The molecule has 0 atom stereocenters. The average molecular weight is 420 g/mol. The number of aromatic nitrogens is 1. The van der Waals surface area contributed by atoms with Gasteiger partial charge >= 0.3 is 0 Å². The number of methoxy groups -OCH3 is 1. The largest absolute Gasteiger partial charge is 0.492 e. The maximum absolute atomic E-state index is 12.5. The van der Waals surface area contributed by atoms with E-state index in [4.69, 9.17) is 32.7 Å². The summed E-state index contributed by atoms with van der Waals surface area (Å²) >= 11 is 6.39. The van der Waals surface area contributed by atoms with Crippen molar-refractivity contribution < 1.29 is 14.3 Å². The molecule has 154 valence electrons. The molecule has 0 radical (unpaired) electrons. The molecule has 0 spiro atoms. The molecule has 0 saturated heterocycles. The van der Waals surface area contributed by atoms with Crippen molar-refractivity contribution in [2.75, 3.05) is 20.3 Å². The fraction of sp³-hybridized carbons (Fsp3) is 0.316. The molecule has 2 heterocycles. The Bertz CT molecular complexity index is 1020. The second-order valence-electron chi connectivity index (χ2n) is 6.48. The van der Waals surface area contributed by atoms with E-state index in [1.807, 2.05) is 10.6 Å². The molecule has 1 aliphatic heterocycles. The SMILES string of the molecule is COCCCOc1cc2c(cc1Cl)-c1cc(=O)c(C(=O)NC(N)=NN)cn1CC2. The molecule has 9 nitrogen and oxygen atoms in total. The number of carbonyl (C=O) groups excluding carboxylic acids is 1. The average Bonchev–Trinajstić information content (AvgIpc) is 2.71. The van der Waals surface area contributed by atoms with Crippen LogP contribution in [0, 0.1) is 0 Å². The Morgan fingerprint density at radius 2 is 2.14 bits per heavy atom. The van der Waals surface area contributed by atoms with Crippen LogP contribution in [0.15, 0.2) is 34.3 Å². The number of aryl methyl sites for hydroxylation is 2. The van der Waals surface area contributed by atoms with Crippen LogP contribution >= 0.6 is 11.6 Å². The summed E-state index contributed by atoms with van der Waals surface area (Å²) in [7, 11) is 1.64. The lowest BCUT2D eigenvalue weighted by molar-refractivity contribution is 0.0974. The summed E-state index contributed by atoms with van der Waals surface area (Å²) in [4.78, 5) is 24.7. The summed E-state index contributed by atoms with van der Waals surface area (Å²) in [5.74, 6) is 4.67. The number of halogens is 1. The van der Waals surface area contributed by atoms with Crippen LogP contribution in [0.1, 0.15) is 22.3 Å². The van der Waals surface area contributed by atoms with Gasteiger partial charge in [-0.25, -0.2) is 0 Å². The van der Waals surface area contributed by atoms with Gasteiger partial charge < -0.3 is 25.6 Å². The normalized spacial score (nSPS) is 12.8. The molecular weight excluding hydrogens is 398 g/mol. The Kier molecular flexibility index (Phi) is 6.40. The van der Waals surface area contributed by atoms with Gasteiger partial charge in [0.05, 0.1) is 17.3 Å². The number of fused-ring (bicyclic) bond motifs is 3. The number of nitrogens with zero attached hydrogens (tertiary/aromatic N) is 2. The van der Waals surface area contributed by atoms with Crippen molar-refractivity contribution in [2.45, 2.75) is 19.4 Å². The van der Waals surface area contributed by atoms with Crippen molar-refractivity contribution in [1.29, 1.82) is 0 Å². The first kappa shape index (κ1) is 20.7. The molecule has 0 saturated carbocycles. The Labute approximate surface area is 172 Å². The lowest BCUT2D eigenvalue weighted by Crippen LogP contribution is -2.40. The van der Waals surface area contributed by atoms with Crippen LogP contribution in [0.3, 0.4) is 0 Å². The summed E-state index contributed by atoms with van der Waals surface area (Å²) in [6, 6.07) is 5.10. The minimum absolute atomic E-state index is 0.0482. The van der Waals surface area contributed by atoms with E-state index in [0.29, 0.717) is 42.6 Å². The van der Waals surface area contributed by atoms with Gasteiger partial charge in [-0.1, -0.05) is 11.6 Å². The van der Waals surface area contributed by atoms with E-state index >= 15 is 0 Å². The number of hydrazone groups is 1. The molecule has 2 aromatic rings. The topological polar surface area (TPSA) is 134 Å². The number of hydrogen-bond donors (Lipinski definition) is 3. The minimum Gasteiger partial charge on any atom is -0.492 e. The van der Waals surface area contributed by atoms with E-state index in [0.717, 1.165) is 17.5 Å². The monoisotopic (exact) mass is 419 g/mol. The number of carbonyl (C=O) groups is 1. The van der Waals surface area contributed by atoms with Gasteiger partial charge in [0.25, 0.3) is 5.91 Å². The fourth-order valence-electron chi connectivity index (χ4n) is 3.16. The Morgan fingerprint density at radius 1 is 1.34 bits per heavy atom. The first-order valence-corrected chi connectivity index (χ1v) is 9.36. The molecule has 29 heavy (non-hydrogen) atoms. The third-order valence-electron chi connectivity index (χ3n) is 4.56. The van der Waals surface area contributed by atoms with Gasteiger partial charge in [-0.2, -0.15) is 0 Å².